The molecule has 1 N–H and O–H groups in total. The number of carbonyl (C=O) groups is 2. The average Bonchev–Trinajstić information content (AvgIpc) is 2.57. The van der Waals surface area contributed by atoms with Gasteiger partial charge in [-0.05, 0) is 38.1 Å². The van der Waals surface area contributed by atoms with Gasteiger partial charge < -0.3 is 10.2 Å². The fourth-order valence-corrected chi connectivity index (χ4v) is 3.84. The number of nitrogens with one attached hydrogen (secondary N) is 1. The number of hydrogen-bond acceptors (Lipinski definition) is 3. The maximum absolute atomic E-state index is 12.9. The molecule has 2 amide bonds. The van der Waals surface area contributed by atoms with Crippen LogP contribution >= 0.6 is 11.8 Å². The molecule has 0 aromatic heterocycles. The maximum atomic E-state index is 12.9. The van der Waals surface area contributed by atoms with Crippen LogP contribution in [-0.4, -0.2) is 23.1 Å². The molecular formula is C18H18N2O2S. The Morgan fingerprint density at radius 2 is 1.78 bits per heavy atom. The zero-order valence-electron chi connectivity index (χ0n) is 13.1. The molecule has 0 radical (unpaired) electrons. The molecular weight excluding hydrogens is 308 g/mol. The predicted octanol–water partition coefficient (Wildman–Crippen LogP) is 3.54. The molecule has 1 aliphatic heterocycles. The van der Waals surface area contributed by atoms with Crippen LogP contribution in [0, 0.1) is 0 Å². The largest absolute Gasteiger partial charge is 0.324 e. The summed E-state index contributed by atoms with van der Waals surface area (Å²) in [7, 11) is 0. The first-order valence-electron chi connectivity index (χ1n) is 7.53. The molecule has 0 aliphatic carbocycles. The highest BCUT2D eigenvalue weighted by atomic mass is 32.2. The third kappa shape index (κ3) is 2.72. The van der Waals surface area contributed by atoms with E-state index in [4.69, 9.17) is 0 Å². The summed E-state index contributed by atoms with van der Waals surface area (Å²) >= 11 is 1.31. The number of para-hydroxylation sites is 2. The third-order valence-corrected chi connectivity index (χ3v) is 5.24. The molecule has 0 spiro atoms. The van der Waals surface area contributed by atoms with E-state index in [0.29, 0.717) is 12.2 Å². The minimum absolute atomic E-state index is 0.183. The second kappa shape index (κ2) is 6.08. The van der Waals surface area contributed by atoms with Crippen LogP contribution in [0.25, 0.3) is 0 Å². The number of nitrogens with zero attached hydrogens (tertiary/aromatic N) is 1. The van der Waals surface area contributed by atoms with Gasteiger partial charge in [0.1, 0.15) is 0 Å². The normalized spacial score (nSPS) is 20.1. The Labute approximate surface area is 139 Å². The van der Waals surface area contributed by atoms with Gasteiger partial charge in [-0.2, -0.15) is 0 Å². The van der Waals surface area contributed by atoms with Crippen molar-refractivity contribution in [3.63, 3.8) is 0 Å². The lowest BCUT2D eigenvalue weighted by Gasteiger charge is -2.38. The van der Waals surface area contributed by atoms with Crippen LogP contribution in [0.5, 0.6) is 0 Å². The molecule has 118 valence electrons. The molecule has 2 aromatic carbocycles. The van der Waals surface area contributed by atoms with Crippen LogP contribution < -0.4 is 10.2 Å². The Bertz CT molecular complexity index is 748. The van der Waals surface area contributed by atoms with Gasteiger partial charge in [-0.1, -0.05) is 42.1 Å². The monoisotopic (exact) mass is 326 g/mol. The highest BCUT2D eigenvalue weighted by molar-refractivity contribution is 8.02. The van der Waals surface area contributed by atoms with Crippen molar-refractivity contribution in [3.05, 3.63) is 54.6 Å². The molecule has 0 bridgehead atoms. The van der Waals surface area contributed by atoms with Gasteiger partial charge in [0, 0.05) is 17.1 Å². The van der Waals surface area contributed by atoms with E-state index in [0.717, 1.165) is 10.6 Å². The Kier molecular flexibility index (Phi) is 4.13. The van der Waals surface area contributed by atoms with Gasteiger partial charge in [0.05, 0.1) is 5.69 Å². The molecule has 3 rings (SSSR count). The van der Waals surface area contributed by atoms with Crippen LogP contribution in [0.1, 0.15) is 13.8 Å². The average molecular weight is 326 g/mol. The highest BCUT2D eigenvalue weighted by Crippen LogP contribution is 2.45. The van der Waals surface area contributed by atoms with E-state index in [2.05, 4.69) is 5.32 Å². The van der Waals surface area contributed by atoms with Crippen molar-refractivity contribution in [1.82, 2.24) is 0 Å². The number of hydrogen-bond donors (Lipinski definition) is 1. The van der Waals surface area contributed by atoms with E-state index in [-0.39, 0.29) is 11.8 Å². The molecule has 23 heavy (non-hydrogen) atoms. The Hall–Kier alpha value is -2.27. The molecule has 1 atom stereocenters. The number of benzene rings is 2. The lowest BCUT2D eigenvalue weighted by molar-refractivity contribution is -0.128. The van der Waals surface area contributed by atoms with Gasteiger partial charge >= 0.3 is 0 Å². The summed E-state index contributed by atoms with van der Waals surface area (Å²) in [4.78, 5) is 28.3. The quantitative estimate of drug-likeness (QED) is 0.878. The van der Waals surface area contributed by atoms with Gasteiger partial charge in [0.25, 0.3) is 5.91 Å². The molecule has 5 heteroatoms. The molecule has 4 nitrogen and oxygen atoms in total. The van der Waals surface area contributed by atoms with Crippen LogP contribution in [0.3, 0.4) is 0 Å². The molecule has 0 saturated carbocycles. The van der Waals surface area contributed by atoms with Gasteiger partial charge in [0.2, 0.25) is 5.91 Å². The second-order valence-electron chi connectivity index (χ2n) is 5.47. The van der Waals surface area contributed by atoms with E-state index in [9.17, 15) is 9.59 Å². The van der Waals surface area contributed by atoms with Gasteiger partial charge in [-0.15, -0.1) is 0 Å². The van der Waals surface area contributed by atoms with E-state index < -0.39 is 4.75 Å². The van der Waals surface area contributed by atoms with E-state index >= 15 is 0 Å². The van der Waals surface area contributed by atoms with Crippen molar-refractivity contribution < 1.29 is 9.59 Å². The lowest BCUT2D eigenvalue weighted by atomic mass is 10.1. The van der Waals surface area contributed by atoms with Crippen molar-refractivity contribution in [2.45, 2.75) is 23.5 Å². The van der Waals surface area contributed by atoms with Gasteiger partial charge in [-0.25, -0.2) is 0 Å². The van der Waals surface area contributed by atoms with Crippen LogP contribution in [0.4, 0.5) is 11.4 Å². The number of thioether (sulfide) groups is 1. The van der Waals surface area contributed by atoms with Crippen molar-refractivity contribution in [1.29, 1.82) is 0 Å². The fraction of sp³-hybridized carbons (Fsp3) is 0.222. The van der Waals surface area contributed by atoms with Crippen LogP contribution in [-0.2, 0) is 9.59 Å². The van der Waals surface area contributed by atoms with E-state index in [1.165, 1.54) is 11.8 Å². The Balaban J connectivity index is 1.95. The maximum Gasteiger partial charge on any atom is 0.252 e. The molecule has 1 heterocycles. The molecule has 1 unspecified atom stereocenters. The topological polar surface area (TPSA) is 49.4 Å². The first-order chi connectivity index (χ1) is 11.1. The van der Waals surface area contributed by atoms with Gasteiger partial charge in [-0.3, -0.25) is 9.59 Å². The fourth-order valence-electron chi connectivity index (χ4n) is 2.63. The Morgan fingerprint density at radius 1 is 1.13 bits per heavy atom. The summed E-state index contributed by atoms with van der Waals surface area (Å²) in [5.41, 5.74) is 1.56. The summed E-state index contributed by atoms with van der Waals surface area (Å²) < 4.78 is -1.18. The van der Waals surface area contributed by atoms with Crippen molar-refractivity contribution in [3.8, 4) is 0 Å². The summed E-state index contributed by atoms with van der Waals surface area (Å²) in [5.74, 6) is -0.483. The minimum atomic E-state index is -1.18. The van der Waals surface area contributed by atoms with Gasteiger partial charge in [0.15, 0.2) is 4.75 Å². The standard InChI is InChI=1S/C18H18N2O2S/c1-3-20-14-11-7-8-12-15(14)23-18(2,17(20)22)16(21)19-13-9-5-4-6-10-13/h4-12H,3H2,1-2H3,(H,19,21). The summed E-state index contributed by atoms with van der Waals surface area (Å²) in [6, 6.07) is 16.9. The number of carbonyl (C=O) groups excluding carboxylic acids is 2. The molecule has 0 fully saturated rings. The van der Waals surface area contributed by atoms with Crippen LogP contribution in [0.2, 0.25) is 0 Å². The first kappa shape index (κ1) is 15.6. The summed E-state index contributed by atoms with van der Waals surface area (Å²) in [5, 5.41) is 2.85. The van der Waals surface area contributed by atoms with E-state index in [1.807, 2.05) is 61.5 Å². The van der Waals surface area contributed by atoms with Crippen LogP contribution in [0.15, 0.2) is 59.5 Å². The SMILES string of the molecule is CCN1C(=O)C(C)(C(=O)Nc2ccccc2)Sc2ccccc21. The predicted molar refractivity (Wildman–Crippen MR) is 93.8 cm³/mol. The smallest absolute Gasteiger partial charge is 0.252 e. The Morgan fingerprint density at radius 3 is 2.48 bits per heavy atom. The number of amides is 2. The van der Waals surface area contributed by atoms with Crippen molar-refractivity contribution in [2.24, 2.45) is 0 Å². The number of anilines is 2. The summed E-state index contributed by atoms with van der Waals surface area (Å²) in [6.07, 6.45) is 0. The zero-order valence-corrected chi connectivity index (χ0v) is 13.9. The van der Waals surface area contributed by atoms with E-state index in [1.54, 1.807) is 11.8 Å². The third-order valence-electron chi connectivity index (χ3n) is 3.90. The number of rotatable bonds is 3. The van der Waals surface area contributed by atoms with Crippen molar-refractivity contribution >= 4 is 35.0 Å². The lowest BCUT2D eigenvalue weighted by Crippen LogP contribution is -2.54. The second-order valence-corrected chi connectivity index (χ2v) is 6.93. The molecule has 2 aromatic rings. The minimum Gasteiger partial charge on any atom is -0.324 e. The first-order valence-corrected chi connectivity index (χ1v) is 8.34. The zero-order chi connectivity index (χ0) is 16.4. The van der Waals surface area contributed by atoms with Crippen molar-refractivity contribution in [2.75, 3.05) is 16.8 Å². The highest BCUT2D eigenvalue weighted by Gasteiger charge is 2.48. The summed E-state index contributed by atoms with van der Waals surface area (Å²) in [6.45, 7) is 4.14. The number of fused-ring (bicyclic) bond motifs is 1. The molecule has 1 aliphatic rings. The molecule has 0 saturated heterocycles.